The molecule has 0 radical (unpaired) electrons. The molecule has 0 bridgehead atoms. The molecule has 42 heavy (non-hydrogen) atoms. The Kier molecular flexibility index (Phi) is 8.18. The maximum atomic E-state index is 5.92. The second-order valence-corrected chi connectivity index (χ2v) is 15.1. The minimum atomic E-state index is -0.251. The van der Waals surface area contributed by atoms with Crippen molar-refractivity contribution in [3.8, 4) is 34.3 Å². The van der Waals surface area contributed by atoms with Crippen LogP contribution < -0.4 is 9.47 Å². The van der Waals surface area contributed by atoms with Crippen molar-refractivity contribution in [1.29, 1.82) is 0 Å². The lowest BCUT2D eigenvalue weighted by molar-refractivity contribution is 0.409. The number of nitrogens with one attached hydrogen (secondary N) is 1. The van der Waals surface area contributed by atoms with Crippen molar-refractivity contribution >= 4 is 0 Å². The van der Waals surface area contributed by atoms with E-state index in [1.54, 1.807) is 26.7 Å². The molecule has 0 aliphatic carbocycles. The molecule has 0 aliphatic heterocycles. The van der Waals surface area contributed by atoms with Gasteiger partial charge in [0.25, 0.3) is 0 Å². The van der Waals surface area contributed by atoms with Gasteiger partial charge >= 0.3 is 0 Å². The third-order valence-electron chi connectivity index (χ3n) is 8.00. The van der Waals surface area contributed by atoms with Crippen LogP contribution in [0.1, 0.15) is 104 Å². The summed E-state index contributed by atoms with van der Waals surface area (Å²) >= 11 is 0. The number of H-pyrrole nitrogens is 1. The summed E-state index contributed by atoms with van der Waals surface area (Å²) in [5.74, 6) is 2.94. The van der Waals surface area contributed by atoms with E-state index >= 15 is 0 Å². The maximum Gasteiger partial charge on any atom is 0.229 e. The normalized spacial score (nSPS) is 13.0. The molecule has 0 saturated heterocycles. The first-order valence-electron chi connectivity index (χ1n) is 14.8. The number of nitrogens with zero attached hydrogens (tertiary/aromatic N) is 2. The zero-order chi connectivity index (χ0) is 31.3. The maximum absolute atomic E-state index is 5.92. The fourth-order valence-electron chi connectivity index (χ4n) is 5.76. The number of hydrogen-bond acceptors (Lipinski definition) is 5. The molecular weight excluding hydrogens is 522 g/mol. The van der Waals surface area contributed by atoms with E-state index in [-0.39, 0.29) is 21.7 Å². The van der Waals surface area contributed by atoms with Crippen LogP contribution in [0.2, 0.25) is 0 Å². The lowest BCUT2D eigenvalue weighted by Gasteiger charge is -2.33. The Bertz CT molecular complexity index is 1540. The lowest BCUT2D eigenvalue weighted by Crippen LogP contribution is -2.27. The molecule has 0 amide bonds. The summed E-state index contributed by atoms with van der Waals surface area (Å²) in [5, 5.41) is 0. The summed E-state index contributed by atoms with van der Waals surface area (Å²) in [6.45, 7) is 24.8. The van der Waals surface area contributed by atoms with Gasteiger partial charge in [-0.1, -0.05) is 76.2 Å². The van der Waals surface area contributed by atoms with Gasteiger partial charge in [-0.25, -0.2) is 9.97 Å². The largest absolute Gasteiger partial charge is 0.496 e. The fourth-order valence-corrected chi connectivity index (χ4v) is 5.76. The Hall–Kier alpha value is -3.54. The van der Waals surface area contributed by atoms with Crippen LogP contribution in [0.25, 0.3) is 22.8 Å². The molecule has 0 fully saturated rings. The number of aromatic nitrogens is 3. The molecule has 226 valence electrons. The third kappa shape index (κ3) is 6.28. The van der Waals surface area contributed by atoms with Gasteiger partial charge in [-0.3, -0.25) is 0 Å². The molecule has 0 unspecified atom stereocenters. The summed E-state index contributed by atoms with van der Waals surface area (Å²) < 4.78 is 17.4. The molecular formula is C36H49N3O3. The minimum absolute atomic E-state index is 0.0140. The molecule has 6 nitrogen and oxygen atoms in total. The van der Waals surface area contributed by atoms with Gasteiger partial charge in [-0.2, -0.15) is 0 Å². The molecule has 0 saturated carbocycles. The van der Waals surface area contributed by atoms with Gasteiger partial charge < -0.3 is 18.9 Å². The van der Waals surface area contributed by atoms with Crippen LogP contribution in [0.3, 0.4) is 0 Å². The third-order valence-corrected chi connectivity index (χ3v) is 8.00. The fraction of sp³-hybridized carbons (Fsp3) is 0.500. The van der Waals surface area contributed by atoms with Gasteiger partial charge in [0.2, 0.25) is 5.89 Å². The Morgan fingerprint density at radius 3 is 1.69 bits per heavy atom. The highest BCUT2D eigenvalue weighted by Crippen LogP contribution is 2.44. The number of imidazole rings is 1. The molecule has 2 aromatic heterocycles. The zero-order valence-corrected chi connectivity index (χ0v) is 27.9. The van der Waals surface area contributed by atoms with Gasteiger partial charge in [0, 0.05) is 12.6 Å². The van der Waals surface area contributed by atoms with Gasteiger partial charge in [0.05, 0.1) is 37.2 Å². The van der Waals surface area contributed by atoms with Gasteiger partial charge in [0.1, 0.15) is 23.6 Å². The summed E-state index contributed by atoms with van der Waals surface area (Å²) in [4.78, 5) is 13.0. The Morgan fingerprint density at radius 2 is 1.19 bits per heavy atom. The topological polar surface area (TPSA) is 73.2 Å². The van der Waals surface area contributed by atoms with Gasteiger partial charge in [-0.15, -0.1) is 0 Å². The highest BCUT2D eigenvalue weighted by Gasteiger charge is 2.33. The predicted octanol–water partition coefficient (Wildman–Crippen LogP) is 9.16. The average molecular weight is 572 g/mol. The smallest absolute Gasteiger partial charge is 0.229 e. The van der Waals surface area contributed by atoms with E-state index in [1.807, 2.05) is 6.20 Å². The molecule has 4 rings (SSSR count). The number of benzene rings is 2. The molecule has 0 aliphatic rings. The van der Waals surface area contributed by atoms with Crippen molar-refractivity contribution < 1.29 is 13.9 Å². The van der Waals surface area contributed by atoms with Crippen LogP contribution in [-0.4, -0.2) is 29.2 Å². The van der Waals surface area contributed by atoms with E-state index in [4.69, 9.17) is 18.9 Å². The molecule has 2 heterocycles. The van der Waals surface area contributed by atoms with Crippen molar-refractivity contribution in [2.24, 2.45) is 0 Å². The van der Waals surface area contributed by atoms with Crippen LogP contribution in [0, 0.1) is 0 Å². The summed E-state index contributed by atoms with van der Waals surface area (Å²) in [5.41, 5.74) is 7.46. The van der Waals surface area contributed by atoms with Crippen LogP contribution >= 0.6 is 0 Å². The quantitative estimate of drug-likeness (QED) is 0.239. The number of hydrogen-bond donors (Lipinski definition) is 1. The first-order chi connectivity index (χ1) is 19.4. The van der Waals surface area contributed by atoms with Crippen molar-refractivity contribution in [2.45, 2.75) is 104 Å². The number of ether oxygens (including phenoxy) is 2. The van der Waals surface area contributed by atoms with Gasteiger partial charge in [-0.05, 0) is 68.2 Å². The first kappa shape index (κ1) is 31.4. The lowest BCUT2D eigenvalue weighted by atomic mass is 9.71. The number of rotatable bonds is 7. The minimum Gasteiger partial charge on any atom is -0.496 e. The number of oxazole rings is 1. The Morgan fingerprint density at radius 1 is 0.690 bits per heavy atom. The zero-order valence-electron chi connectivity index (χ0n) is 27.9. The summed E-state index contributed by atoms with van der Waals surface area (Å²) in [6.07, 6.45) is 6.02. The van der Waals surface area contributed by atoms with E-state index in [9.17, 15) is 0 Å². The second-order valence-electron chi connectivity index (χ2n) is 15.1. The highest BCUT2D eigenvalue weighted by atomic mass is 16.5. The van der Waals surface area contributed by atoms with Crippen molar-refractivity contribution in [1.82, 2.24) is 15.0 Å². The van der Waals surface area contributed by atoms with E-state index in [0.29, 0.717) is 5.89 Å². The molecule has 6 heteroatoms. The standard InChI is InChI=1S/C36H49N3O3/c1-33(2,3)25-16-23(29(40-12)18-26(25)34(4,5)6)31-38-21-22(39-31)20-36(10,11)28-17-24(32-37-14-15-42-32)30(41-13)19-27(28)35(7,8)9/h14-19,21H,20H2,1-13H3,(H,38,39). The van der Waals surface area contributed by atoms with Gasteiger partial charge in [0.15, 0.2) is 0 Å². The predicted molar refractivity (Wildman–Crippen MR) is 172 cm³/mol. The molecule has 1 N–H and O–H groups in total. The Labute approximate surface area is 252 Å². The SMILES string of the molecule is COc1cc(C(C)(C)C)c(C(C)(C)C)cc1-c1nc(CC(C)(C)c2cc(-c3ncco3)c(OC)cc2C(C)(C)C)c[nH]1. The van der Waals surface area contributed by atoms with Crippen LogP contribution in [0.4, 0.5) is 0 Å². The van der Waals surface area contributed by atoms with Crippen LogP contribution in [-0.2, 0) is 28.1 Å². The van der Waals surface area contributed by atoms with E-state index in [1.165, 1.54) is 22.3 Å². The van der Waals surface area contributed by atoms with E-state index in [0.717, 1.165) is 40.6 Å². The summed E-state index contributed by atoms with van der Waals surface area (Å²) in [7, 11) is 3.43. The van der Waals surface area contributed by atoms with E-state index in [2.05, 4.69) is 110 Å². The summed E-state index contributed by atoms with van der Waals surface area (Å²) in [6, 6.07) is 8.78. The number of methoxy groups -OCH3 is 2. The van der Waals surface area contributed by atoms with Crippen molar-refractivity contribution in [3.63, 3.8) is 0 Å². The van der Waals surface area contributed by atoms with Crippen LogP contribution in [0.15, 0.2) is 47.3 Å². The average Bonchev–Trinajstić information content (AvgIpc) is 3.58. The molecule has 0 atom stereocenters. The number of aromatic amines is 1. The first-order valence-corrected chi connectivity index (χ1v) is 14.8. The molecule has 0 spiro atoms. The van der Waals surface area contributed by atoms with Crippen molar-refractivity contribution in [2.75, 3.05) is 14.2 Å². The van der Waals surface area contributed by atoms with Crippen LogP contribution in [0.5, 0.6) is 11.5 Å². The highest BCUT2D eigenvalue weighted by molar-refractivity contribution is 5.69. The second kappa shape index (κ2) is 10.9. The van der Waals surface area contributed by atoms with E-state index < -0.39 is 0 Å². The Balaban J connectivity index is 1.79. The molecule has 4 aromatic rings. The van der Waals surface area contributed by atoms with Crippen molar-refractivity contribution in [3.05, 3.63) is 70.9 Å². The monoisotopic (exact) mass is 571 g/mol. The molecule has 2 aromatic carbocycles.